The first-order chi connectivity index (χ1) is 15.3. The van der Waals surface area contributed by atoms with Crippen LogP contribution in [0.4, 0.5) is 0 Å². The van der Waals surface area contributed by atoms with Crippen LogP contribution in [-0.2, 0) is 4.79 Å². The van der Waals surface area contributed by atoms with Crippen molar-refractivity contribution >= 4 is 41.3 Å². The van der Waals surface area contributed by atoms with Gasteiger partial charge in [-0.3, -0.25) is 4.79 Å². The molecule has 0 aromatic heterocycles. The van der Waals surface area contributed by atoms with Crippen LogP contribution >= 0.6 is 23.2 Å². The number of carbonyl (C=O) groups excluding carboxylic acids is 2. The Labute approximate surface area is 195 Å². The second-order valence-corrected chi connectivity index (χ2v) is 7.73. The van der Waals surface area contributed by atoms with Crippen LogP contribution in [0.2, 0.25) is 10.0 Å². The van der Waals surface area contributed by atoms with Crippen LogP contribution < -0.4 is 14.9 Å². The maximum atomic E-state index is 12.2. The van der Waals surface area contributed by atoms with Crippen molar-refractivity contribution in [2.75, 3.05) is 6.61 Å². The van der Waals surface area contributed by atoms with E-state index in [2.05, 4.69) is 10.5 Å². The van der Waals surface area contributed by atoms with Gasteiger partial charge in [-0.25, -0.2) is 10.2 Å². The number of halogens is 2. The number of benzene rings is 3. The highest BCUT2D eigenvalue weighted by Crippen LogP contribution is 2.23. The van der Waals surface area contributed by atoms with E-state index in [0.29, 0.717) is 22.1 Å². The first-order valence-corrected chi connectivity index (χ1v) is 10.4. The minimum absolute atomic E-state index is 0.148. The van der Waals surface area contributed by atoms with E-state index in [1.807, 2.05) is 32.0 Å². The summed E-state index contributed by atoms with van der Waals surface area (Å²) in [6.45, 7) is 3.69. The molecule has 6 nitrogen and oxygen atoms in total. The number of ether oxygens (including phenoxy) is 2. The fourth-order valence-electron chi connectivity index (χ4n) is 2.81. The Morgan fingerprint density at radius 2 is 1.69 bits per heavy atom. The maximum absolute atomic E-state index is 12.2. The van der Waals surface area contributed by atoms with E-state index in [-0.39, 0.29) is 23.1 Å². The lowest BCUT2D eigenvalue weighted by molar-refractivity contribution is -0.123. The topological polar surface area (TPSA) is 77.0 Å². The molecule has 3 aromatic carbocycles. The van der Waals surface area contributed by atoms with Gasteiger partial charge in [-0.1, -0.05) is 41.4 Å². The number of nitrogens with zero attached hydrogens (tertiary/aromatic N) is 1. The normalized spacial score (nSPS) is 10.8. The second kappa shape index (κ2) is 10.8. The van der Waals surface area contributed by atoms with Gasteiger partial charge in [0, 0.05) is 5.02 Å². The van der Waals surface area contributed by atoms with Crippen molar-refractivity contribution in [1.82, 2.24) is 5.43 Å². The number of hydrogen-bond donors (Lipinski definition) is 1. The standard InChI is InChI=1S/C24H20Cl2N2O4/c1-15-4-3-5-16(2)23(15)31-14-22(29)28-27-13-17-6-9-19(10-7-17)32-24(30)20-11-8-18(25)12-21(20)26/h3-13H,14H2,1-2H3,(H,28,29)/b27-13-. The van der Waals surface area contributed by atoms with E-state index in [1.165, 1.54) is 18.3 Å². The number of carbonyl (C=O) groups is 2. The summed E-state index contributed by atoms with van der Waals surface area (Å²) in [6, 6.07) is 16.9. The molecule has 0 heterocycles. The minimum atomic E-state index is -0.593. The molecule has 3 aromatic rings. The fraction of sp³-hybridized carbons (Fsp3) is 0.125. The van der Waals surface area contributed by atoms with E-state index >= 15 is 0 Å². The molecule has 8 heteroatoms. The summed E-state index contributed by atoms with van der Waals surface area (Å²) in [5, 5.41) is 4.56. The third kappa shape index (κ3) is 6.33. The van der Waals surface area contributed by atoms with Crippen LogP contribution in [0, 0.1) is 13.8 Å². The number of para-hydroxylation sites is 1. The van der Waals surface area contributed by atoms with Gasteiger partial charge in [-0.05, 0) is 73.0 Å². The monoisotopic (exact) mass is 470 g/mol. The van der Waals surface area contributed by atoms with E-state index in [0.717, 1.165) is 11.1 Å². The number of nitrogens with one attached hydrogen (secondary N) is 1. The van der Waals surface area contributed by atoms with Crippen LogP contribution in [0.25, 0.3) is 0 Å². The largest absolute Gasteiger partial charge is 0.483 e. The maximum Gasteiger partial charge on any atom is 0.345 e. The molecule has 1 N–H and O–H groups in total. The third-order valence-corrected chi connectivity index (χ3v) is 4.95. The van der Waals surface area contributed by atoms with E-state index < -0.39 is 5.97 Å². The summed E-state index contributed by atoms with van der Waals surface area (Å²) in [7, 11) is 0. The quantitative estimate of drug-likeness (QED) is 0.218. The highest BCUT2D eigenvalue weighted by atomic mass is 35.5. The van der Waals surface area contributed by atoms with Crippen LogP contribution in [0.15, 0.2) is 65.8 Å². The summed E-state index contributed by atoms with van der Waals surface area (Å²) >= 11 is 11.9. The molecular weight excluding hydrogens is 451 g/mol. The van der Waals surface area contributed by atoms with Gasteiger partial charge in [0.05, 0.1) is 16.8 Å². The molecule has 3 rings (SSSR count). The van der Waals surface area contributed by atoms with Crippen molar-refractivity contribution in [1.29, 1.82) is 0 Å². The molecule has 0 bridgehead atoms. The van der Waals surface area contributed by atoms with Gasteiger partial charge >= 0.3 is 5.97 Å². The first kappa shape index (κ1) is 23.3. The third-order valence-electron chi connectivity index (χ3n) is 4.40. The van der Waals surface area contributed by atoms with E-state index in [9.17, 15) is 9.59 Å². The number of amides is 1. The first-order valence-electron chi connectivity index (χ1n) is 9.61. The molecule has 0 saturated heterocycles. The number of hydrazone groups is 1. The van der Waals surface area contributed by atoms with Gasteiger partial charge in [0.25, 0.3) is 5.91 Å². The number of rotatable bonds is 7. The van der Waals surface area contributed by atoms with Crippen LogP contribution in [0.1, 0.15) is 27.0 Å². The Balaban J connectivity index is 1.50. The van der Waals surface area contributed by atoms with Crippen LogP contribution in [0.3, 0.4) is 0 Å². The molecular formula is C24H20Cl2N2O4. The average Bonchev–Trinajstić information content (AvgIpc) is 2.74. The number of esters is 1. The van der Waals surface area contributed by atoms with Gasteiger partial charge < -0.3 is 9.47 Å². The molecule has 1 amide bonds. The Hall–Kier alpha value is -3.35. The lowest BCUT2D eigenvalue weighted by atomic mass is 10.1. The number of hydrogen-bond acceptors (Lipinski definition) is 5. The summed E-state index contributed by atoms with van der Waals surface area (Å²) in [5.74, 6) is 0.0550. The van der Waals surface area contributed by atoms with Gasteiger partial charge in [0.15, 0.2) is 6.61 Å². The summed E-state index contributed by atoms with van der Waals surface area (Å²) in [4.78, 5) is 24.2. The molecule has 0 fully saturated rings. The zero-order valence-corrected chi connectivity index (χ0v) is 18.9. The van der Waals surface area contributed by atoms with Crippen molar-refractivity contribution in [2.24, 2.45) is 5.10 Å². The molecule has 0 aliphatic rings. The minimum Gasteiger partial charge on any atom is -0.483 e. The Bertz CT molecular complexity index is 1140. The van der Waals surface area contributed by atoms with Gasteiger partial charge in [0.2, 0.25) is 0 Å². The molecule has 0 aliphatic carbocycles. The fourth-order valence-corrected chi connectivity index (χ4v) is 3.30. The lowest BCUT2D eigenvalue weighted by Gasteiger charge is -2.10. The summed E-state index contributed by atoms with van der Waals surface area (Å²) in [6.07, 6.45) is 1.47. The van der Waals surface area contributed by atoms with Gasteiger partial charge in [0.1, 0.15) is 11.5 Å². The van der Waals surface area contributed by atoms with Crippen molar-refractivity contribution in [3.05, 3.63) is 93.0 Å². The molecule has 164 valence electrons. The van der Waals surface area contributed by atoms with Gasteiger partial charge in [-0.15, -0.1) is 0 Å². The van der Waals surface area contributed by atoms with Crippen molar-refractivity contribution in [3.8, 4) is 11.5 Å². The van der Waals surface area contributed by atoms with E-state index in [4.69, 9.17) is 32.7 Å². The van der Waals surface area contributed by atoms with E-state index in [1.54, 1.807) is 30.3 Å². The average molecular weight is 471 g/mol. The predicted octanol–water partition coefficient (Wildman–Crippen LogP) is 5.36. The smallest absolute Gasteiger partial charge is 0.345 e. The Morgan fingerprint density at radius 3 is 2.34 bits per heavy atom. The predicted molar refractivity (Wildman–Crippen MR) is 125 cm³/mol. The van der Waals surface area contributed by atoms with Crippen LogP contribution in [-0.4, -0.2) is 24.7 Å². The zero-order chi connectivity index (χ0) is 23.1. The van der Waals surface area contributed by atoms with Crippen molar-refractivity contribution < 1.29 is 19.1 Å². The Morgan fingerprint density at radius 1 is 1.00 bits per heavy atom. The second-order valence-electron chi connectivity index (χ2n) is 6.89. The summed E-state index contributed by atoms with van der Waals surface area (Å²) < 4.78 is 10.9. The van der Waals surface area contributed by atoms with Crippen LogP contribution in [0.5, 0.6) is 11.5 Å². The van der Waals surface area contributed by atoms with Crippen molar-refractivity contribution in [2.45, 2.75) is 13.8 Å². The lowest BCUT2D eigenvalue weighted by Crippen LogP contribution is -2.25. The zero-order valence-electron chi connectivity index (χ0n) is 17.4. The molecule has 0 aliphatic heterocycles. The highest BCUT2D eigenvalue weighted by molar-refractivity contribution is 6.36. The molecule has 0 unspecified atom stereocenters. The number of aryl methyl sites for hydroxylation is 2. The molecule has 0 atom stereocenters. The molecule has 0 saturated carbocycles. The molecule has 0 spiro atoms. The SMILES string of the molecule is Cc1cccc(C)c1OCC(=O)N/N=C\c1ccc(OC(=O)c2ccc(Cl)cc2Cl)cc1. The molecule has 0 radical (unpaired) electrons. The van der Waals surface area contributed by atoms with Gasteiger partial charge in [-0.2, -0.15) is 5.10 Å². The Kier molecular flexibility index (Phi) is 7.87. The molecule has 32 heavy (non-hydrogen) atoms. The summed E-state index contributed by atoms with van der Waals surface area (Å²) in [5.41, 5.74) is 5.25. The highest BCUT2D eigenvalue weighted by Gasteiger charge is 2.13. The van der Waals surface area contributed by atoms with Crippen molar-refractivity contribution in [3.63, 3.8) is 0 Å².